The Kier molecular flexibility index (Phi) is 2.30. The number of aromatic nitrogens is 6. The molecule has 0 atom stereocenters. The number of rotatable bonds is 2. The van der Waals surface area contributed by atoms with E-state index in [9.17, 15) is 0 Å². The van der Waals surface area contributed by atoms with E-state index in [2.05, 4.69) is 35.4 Å². The first-order chi connectivity index (χ1) is 9.81. The minimum absolute atomic E-state index is 0.363. The van der Waals surface area contributed by atoms with Gasteiger partial charge in [-0.1, -0.05) is 17.7 Å². The van der Waals surface area contributed by atoms with Crippen LogP contribution in [0.4, 0.5) is 11.5 Å². The number of nitrogens with one attached hydrogen (secondary N) is 1. The van der Waals surface area contributed by atoms with E-state index in [1.807, 2.05) is 12.1 Å². The molecular formula is C11H6ClN7O. The number of anilines is 2. The average molecular weight is 288 g/mol. The smallest absolute Gasteiger partial charge is 0.244 e. The highest BCUT2D eigenvalue weighted by molar-refractivity contribution is 6.30. The Morgan fingerprint density at radius 3 is 3.05 bits per heavy atom. The summed E-state index contributed by atoms with van der Waals surface area (Å²) in [5, 5.41) is 19.1. The summed E-state index contributed by atoms with van der Waals surface area (Å²) in [6.07, 6.45) is 1.52. The van der Waals surface area contributed by atoms with Crippen molar-refractivity contribution in [3.63, 3.8) is 0 Å². The van der Waals surface area contributed by atoms with E-state index < -0.39 is 0 Å². The first kappa shape index (κ1) is 11.1. The molecule has 8 nitrogen and oxygen atoms in total. The van der Waals surface area contributed by atoms with Crippen molar-refractivity contribution < 1.29 is 4.63 Å². The van der Waals surface area contributed by atoms with Gasteiger partial charge in [-0.3, -0.25) is 4.40 Å². The molecule has 20 heavy (non-hydrogen) atoms. The van der Waals surface area contributed by atoms with Gasteiger partial charge in [0, 0.05) is 10.7 Å². The van der Waals surface area contributed by atoms with Gasteiger partial charge in [-0.15, -0.1) is 10.2 Å². The fourth-order valence-electron chi connectivity index (χ4n) is 1.90. The Morgan fingerprint density at radius 2 is 2.15 bits per heavy atom. The Balaban J connectivity index is 1.91. The molecule has 0 amide bonds. The fourth-order valence-corrected chi connectivity index (χ4v) is 2.09. The molecule has 3 aromatic heterocycles. The highest BCUT2D eigenvalue weighted by atomic mass is 35.5. The van der Waals surface area contributed by atoms with Crippen molar-refractivity contribution in [1.29, 1.82) is 0 Å². The van der Waals surface area contributed by atoms with E-state index in [0.29, 0.717) is 27.8 Å². The lowest BCUT2D eigenvalue weighted by atomic mass is 10.3. The van der Waals surface area contributed by atoms with Crippen LogP contribution in [-0.4, -0.2) is 29.9 Å². The summed E-state index contributed by atoms with van der Waals surface area (Å²) < 4.78 is 6.32. The molecule has 0 saturated heterocycles. The monoisotopic (exact) mass is 287 g/mol. The number of fused-ring (bicyclic) bond motifs is 3. The van der Waals surface area contributed by atoms with Crippen LogP contribution in [-0.2, 0) is 0 Å². The topological polar surface area (TPSA) is 94.0 Å². The molecule has 0 aliphatic heterocycles. The molecule has 98 valence electrons. The Hall–Kier alpha value is -2.74. The van der Waals surface area contributed by atoms with Crippen LogP contribution in [0.1, 0.15) is 0 Å². The van der Waals surface area contributed by atoms with Gasteiger partial charge in [0.15, 0.2) is 5.82 Å². The molecule has 0 unspecified atom stereocenters. The van der Waals surface area contributed by atoms with Gasteiger partial charge in [0.2, 0.25) is 16.9 Å². The third-order valence-electron chi connectivity index (χ3n) is 2.75. The van der Waals surface area contributed by atoms with Gasteiger partial charge in [-0.25, -0.2) is 9.61 Å². The van der Waals surface area contributed by atoms with Gasteiger partial charge >= 0.3 is 0 Å². The van der Waals surface area contributed by atoms with Gasteiger partial charge in [-0.05, 0) is 28.5 Å². The lowest BCUT2D eigenvalue weighted by Gasteiger charge is -2.06. The number of benzene rings is 1. The first-order valence-corrected chi connectivity index (χ1v) is 6.04. The SMILES string of the molecule is Clc1cccc(Nc2nc3nonc3n3cnnc23)c1. The predicted octanol–water partition coefficient (Wildman–Crippen LogP) is 2.06. The standard InChI is InChI=1S/C11H6ClN7O/c12-6-2-1-3-7(4-6)14-8-10-16-13-5-19(10)11-9(15-8)17-20-18-11/h1-5H,(H,14,15,17). The van der Waals surface area contributed by atoms with Gasteiger partial charge in [0.1, 0.15) is 6.33 Å². The van der Waals surface area contributed by atoms with Crippen LogP contribution in [0.3, 0.4) is 0 Å². The Labute approximate surface area is 116 Å². The van der Waals surface area contributed by atoms with Crippen molar-refractivity contribution in [3.8, 4) is 0 Å². The Bertz CT molecular complexity index is 915. The fraction of sp³-hybridized carbons (Fsp3) is 0. The Morgan fingerprint density at radius 1 is 1.20 bits per heavy atom. The third-order valence-corrected chi connectivity index (χ3v) is 2.98. The summed E-state index contributed by atoms with van der Waals surface area (Å²) in [5.74, 6) is 0.493. The molecule has 4 rings (SSSR count). The molecular weight excluding hydrogens is 282 g/mol. The minimum atomic E-state index is 0.363. The zero-order valence-electron chi connectivity index (χ0n) is 9.86. The summed E-state index contributed by atoms with van der Waals surface area (Å²) in [6, 6.07) is 7.27. The van der Waals surface area contributed by atoms with Crippen LogP contribution in [0, 0.1) is 0 Å². The zero-order chi connectivity index (χ0) is 13.5. The molecule has 3 heterocycles. The molecule has 1 aromatic carbocycles. The van der Waals surface area contributed by atoms with Gasteiger partial charge in [0.05, 0.1) is 0 Å². The van der Waals surface area contributed by atoms with Crippen molar-refractivity contribution in [3.05, 3.63) is 35.6 Å². The second-order valence-electron chi connectivity index (χ2n) is 4.03. The maximum atomic E-state index is 5.95. The molecule has 0 bridgehead atoms. The van der Waals surface area contributed by atoms with Crippen LogP contribution in [0.2, 0.25) is 5.02 Å². The highest BCUT2D eigenvalue weighted by Crippen LogP contribution is 2.23. The lowest BCUT2D eigenvalue weighted by molar-refractivity contribution is 0.314. The molecule has 0 spiro atoms. The van der Waals surface area contributed by atoms with Crippen LogP contribution >= 0.6 is 11.6 Å². The summed E-state index contributed by atoms with van der Waals surface area (Å²) >= 11 is 5.95. The zero-order valence-corrected chi connectivity index (χ0v) is 10.6. The number of hydrogen-bond acceptors (Lipinski definition) is 7. The van der Waals surface area contributed by atoms with Crippen molar-refractivity contribution in [1.82, 2.24) is 29.9 Å². The van der Waals surface area contributed by atoms with Gasteiger partial charge < -0.3 is 5.32 Å². The van der Waals surface area contributed by atoms with Crippen LogP contribution in [0.15, 0.2) is 35.2 Å². The number of nitrogens with zero attached hydrogens (tertiary/aromatic N) is 6. The van der Waals surface area contributed by atoms with E-state index in [0.717, 1.165) is 5.69 Å². The predicted molar refractivity (Wildman–Crippen MR) is 70.9 cm³/mol. The quantitative estimate of drug-likeness (QED) is 0.603. The van der Waals surface area contributed by atoms with Crippen molar-refractivity contribution in [2.45, 2.75) is 0 Å². The second kappa shape index (κ2) is 4.14. The van der Waals surface area contributed by atoms with E-state index in [4.69, 9.17) is 11.6 Å². The van der Waals surface area contributed by atoms with E-state index in [1.54, 1.807) is 16.5 Å². The third kappa shape index (κ3) is 1.66. The van der Waals surface area contributed by atoms with Crippen LogP contribution in [0.25, 0.3) is 16.9 Å². The van der Waals surface area contributed by atoms with Gasteiger partial charge in [0.25, 0.3) is 0 Å². The minimum Gasteiger partial charge on any atom is -0.337 e. The van der Waals surface area contributed by atoms with E-state index in [-0.39, 0.29) is 0 Å². The molecule has 1 N–H and O–H groups in total. The molecule has 9 heteroatoms. The lowest BCUT2D eigenvalue weighted by Crippen LogP contribution is -1.99. The van der Waals surface area contributed by atoms with Gasteiger partial charge in [-0.2, -0.15) is 0 Å². The van der Waals surface area contributed by atoms with Crippen LogP contribution < -0.4 is 5.32 Å². The van der Waals surface area contributed by atoms with E-state index in [1.165, 1.54) is 6.33 Å². The second-order valence-corrected chi connectivity index (χ2v) is 4.47. The van der Waals surface area contributed by atoms with Crippen molar-refractivity contribution in [2.75, 3.05) is 5.32 Å². The normalized spacial score (nSPS) is 11.2. The largest absolute Gasteiger partial charge is 0.337 e. The van der Waals surface area contributed by atoms with E-state index >= 15 is 0 Å². The summed E-state index contributed by atoms with van der Waals surface area (Å²) in [7, 11) is 0. The summed E-state index contributed by atoms with van der Waals surface area (Å²) in [5.41, 5.74) is 2.13. The maximum absolute atomic E-state index is 5.95. The van der Waals surface area contributed by atoms with Crippen molar-refractivity contribution >= 4 is 40.0 Å². The maximum Gasteiger partial charge on any atom is 0.244 e. The number of halogens is 1. The molecule has 0 aliphatic rings. The summed E-state index contributed by atoms with van der Waals surface area (Å²) in [6.45, 7) is 0. The highest BCUT2D eigenvalue weighted by Gasteiger charge is 2.14. The molecule has 0 saturated carbocycles. The first-order valence-electron chi connectivity index (χ1n) is 5.66. The van der Waals surface area contributed by atoms with Crippen molar-refractivity contribution in [2.24, 2.45) is 0 Å². The molecule has 0 radical (unpaired) electrons. The molecule has 4 aromatic rings. The average Bonchev–Trinajstić information content (AvgIpc) is 3.06. The summed E-state index contributed by atoms with van der Waals surface area (Å²) in [4.78, 5) is 4.32. The molecule has 0 aliphatic carbocycles. The number of hydrogen-bond donors (Lipinski definition) is 1. The molecule has 0 fully saturated rings. The van der Waals surface area contributed by atoms with Crippen LogP contribution in [0.5, 0.6) is 0 Å².